The summed E-state index contributed by atoms with van der Waals surface area (Å²) in [7, 11) is 0. The average Bonchev–Trinajstić information content (AvgIpc) is 2.52. The van der Waals surface area contributed by atoms with Gasteiger partial charge in [0.25, 0.3) is 5.91 Å². The summed E-state index contributed by atoms with van der Waals surface area (Å²) in [4.78, 5) is 11.4. The Morgan fingerprint density at radius 1 is 1.36 bits per heavy atom. The van der Waals surface area contributed by atoms with Gasteiger partial charge in [-0.2, -0.15) is 0 Å². The van der Waals surface area contributed by atoms with E-state index in [-0.39, 0.29) is 18.3 Å². The van der Waals surface area contributed by atoms with Gasteiger partial charge in [0.2, 0.25) is 6.29 Å². The molecule has 1 aromatic rings. The third-order valence-electron chi connectivity index (χ3n) is 3.45. The largest absolute Gasteiger partial charge is 0.459 e. The normalized spacial score (nSPS) is 21.1. The molecule has 1 aliphatic heterocycles. The van der Waals surface area contributed by atoms with Gasteiger partial charge in [0.05, 0.1) is 6.61 Å². The SMILES string of the molecule is NC(=O)C1=C[C@@H](c2ccc(Br)cc2)C[C@@H](OCCCCO)O1. The lowest BCUT2D eigenvalue weighted by atomic mass is 9.93. The van der Waals surface area contributed by atoms with Crippen LogP contribution in [0.15, 0.2) is 40.6 Å². The van der Waals surface area contributed by atoms with Gasteiger partial charge in [0, 0.05) is 23.4 Å². The van der Waals surface area contributed by atoms with Crippen LogP contribution < -0.4 is 5.73 Å². The van der Waals surface area contributed by atoms with Crippen molar-refractivity contribution >= 4 is 21.8 Å². The Hall–Kier alpha value is -1.37. The van der Waals surface area contributed by atoms with Crippen LogP contribution in [0.4, 0.5) is 0 Å². The lowest BCUT2D eigenvalue weighted by Gasteiger charge is -2.28. The maximum atomic E-state index is 11.4. The standard InChI is InChI=1S/C16H20BrNO4/c17-13-5-3-11(4-6-13)12-9-14(16(18)20)22-15(10-12)21-8-2-1-7-19/h3-6,9,12,15,19H,1-2,7-8,10H2,(H2,18,20)/t12-,15+/m1/s1. The monoisotopic (exact) mass is 369 g/mol. The van der Waals surface area contributed by atoms with Crippen molar-refractivity contribution in [2.75, 3.05) is 13.2 Å². The molecule has 120 valence electrons. The molecule has 0 aliphatic carbocycles. The van der Waals surface area contributed by atoms with Crippen molar-refractivity contribution in [2.24, 2.45) is 5.73 Å². The number of aliphatic hydroxyl groups excluding tert-OH is 1. The van der Waals surface area contributed by atoms with Crippen LogP contribution in [0.3, 0.4) is 0 Å². The third-order valence-corrected chi connectivity index (χ3v) is 3.98. The summed E-state index contributed by atoms with van der Waals surface area (Å²) in [6, 6.07) is 7.91. The van der Waals surface area contributed by atoms with E-state index in [1.807, 2.05) is 24.3 Å². The number of nitrogens with two attached hydrogens (primary N) is 1. The van der Waals surface area contributed by atoms with Gasteiger partial charge in [-0.05, 0) is 36.6 Å². The number of rotatable bonds is 7. The Bertz CT molecular complexity index is 529. The molecule has 22 heavy (non-hydrogen) atoms. The summed E-state index contributed by atoms with van der Waals surface area (Å²) in [5, 5.41) is 8.77. The number of primary amides is 1. The highest BCUT2D eigenvalue weighted by molar-refractivity contribution is 9.10. The van der Waals surface area contributed by atoms with Gasteiger partial charge in [0.15, 0.2) is 5.76 Å². The van der Waals surface area contributed by atoms with E-state index in [0.29, 0.717) is 19.4 Å². The van der Waals surface area contributed by atoms with E-state index in [9.17, 15) is 4.79 Å². The molecular weight excluding hydrogens is 350 g/mol. The summed E-state index contributed by atoms with van der Waals surface area (Å²) in [5.74, 6) is -0.427. The predicted molar refractivity (Wildman–Crippen MR) is 85.9 cm³/mol. The van der Waals surface area contributed by atoms with E-state index >= 15 is 0 Å². The zero-order valence-electron chi connectivity index (χ0n) is 12.2. The minimum atomic E-state index is -0.592. The Labute approximate surface area is 138 Å². The second kappa shape index (κ2) is 8.31. The Morgan fingerprint density at radius 2 is 2.09 bits per heavy atom. The fourth-order valence-electron chi connectivity index (χ4n) is 2.30. The number of amides is 1. The van der Waals surface area contributed by atoms with E-state index in [0.717, 1.165) is 16.5 Å². The van der Waals surface area contributed by atoms with Gasteiger partial charge >= 0.3 is 0 Å². The van der Waals surface area contributed by atoms with Gasteiger partial charge in [-0.15, -0.1) is 0 Å². The molecule has 0 unspecified atom stereocenters. The molecule has 0 radical (unpaired) electrons. The van der Waals surface area contributed by atoms with Crippen LogP contribution in [0.2, 0.25) is 0 Å². The van der Waals surface area contributed by atoms with Crippen molar-refractivity contribution < 1.29 is 19.4 Å². The Morgan fingerprint density at radius 3 is 2.73 bits per heavy atom. The number of benzene rings is 1. The number of aliphatic hydroxyl groups is 1. The molecule has 0 bridgehead atoms. The molecule has 1 amide bonds. The molecule has 2 atom stereocenters. The number of carbonyl (C=O) groups is 1. The summed E-state index contributed by atoms with van der Waals surface area (Å²) in [6.07, 6.45) is 3.30. The quantitative estimate of drug-likeness (QED) is 0.723. The van der Waals surface area contributed by atoms with E-state index < -0.39 is 12.2 Å². The first-order valence-corrected chi connectivity index (χ1v) is 8.05. The maximum absolute atomic E-state index is 11.4. The molecular formula is C16H20BrNO4. The summed E-state index contributed by atoms with van der Waals surface area (Å²) in [6.45, 7) is 0.618. The number of ether oxygens (including phenoxy) is 2. The van der Waals surface area contributed by atoms with Crippen LogP contribution in [-0.2, 0) is 14.3 Å². The van der Waals surface area contributed by atoms with Gasteiger partial charge in [-0.3, -0.25) is 4.79 Å². The zero-order valence-corrected chi connectivity index (χ0v) is 13.8. The van der Waals surface area contributed by atoms with Crippen LogP contribution in [0.25, 0.3) is 0 Å². The first kappa shape index (κ1) is 17.0. The lowest BCUT2D eigenvalue weighted by molar-refractivity contribution is -0.144. The molecule has 1 aliphatic rings. The minimum absolute atomic E-state index is 0.0205. The van der Waals surface area contributed by atoms with Gasteiger partial charge in [-0.1, -0.05) is 28.1 Å². The van der Waals surface area contributed by atoms with Crippen LogP contribution in [-0.4, -0.2) is 30.5 Å². The molecule has 2 rings (SSSR count). The summed E-state index contributed by atoms with van der Waals surface area (Å²) < 4.78 is 12.1. The number of hydrogen-bond acceptors (Lipinski definition) is 4. The number of hydrogen-bond donors (Lipinski definition) is 2. The molecule has 5 nitrogen and oxygen atoms in total. The van der Waals surface area contributed by atoms with E-state index in [2.05, 4.69) is 15.9 Å². The van der Waals surface area contributed by atoms with Gasteiger partial charge < -0.3 is 20.3 Å². The van der Waals surface area contributed by atoms with E-state index in [1.165, 1.54) is 0 Å². The highest BCUT2D eigenvalue weighted by Crippen LogP contribution is 2.31. The number of halogens is 1. The third kappa shape index (κ3) is 4.83. The molecule has 0 fully saturated rings. The van der Waals surface area contributed by atoms with Crippen LogP contribution in [0.1, 0.15) is 30.7 Å². The van der Waals surface area contributed by atoms with Gasteiger partial charge in [-0.25, -0.2) is 0 Å². The molecule has 0 saturated heterocycles. The van der Waals surface area contributed by atoms with Crippen molar-refractivity contribution in [3.8, 4) is 0 Å². The second-order valence-electron chi connectivity index (χ2n) is 5.14. The van der Waals surface area contributed by atoms with Gasteiger partial charge in [0.1, 0.15) is 0 Å². The average molecular weight is 370 g/mol. The van der Waals surface area contributed by atoms with Crippen molar-refractivity contribution in [1.29, 1.82) is 0 Å². The minimum Gasteiger partial charge on any atom is -0.459 e. The number of carbonyl (C=O) groups excluding carboxylic acids is 1. The van der Waals surface area contributed by atoms with Crippen molar-refractivity contribution in [3.63, 3.8) is 0 Å². The van der Waals surface area contributed by atoms with Crippen molar-refractivity contribution in [2.45, 2.75) is 31.5 Å². The number of unbranched alkanes of at least 4 members (excludes halogenated alkanes) is 1. The van der Waals surface area contributed by atoms with E-state index in [4.69, 9.17) is 20.3 Å². The molecule has 0 aromatic heterocycles. The second-order valence-corrected chi connectivity index (χ2v) is 6.05. The Balaban J connectivity index is 2.06. The first-order chi connectivity index (χ1) is 10.6. The van der Waals surface area contributed by atoms with E-state index in [1.54, 1.807) is 6.08 Å². The van der Waals surface area contributed by atoms with Crippen LogP contribution >= 0.6 is 15.9 Å². The van der Waals surface area contributed by atoms with Crippen molar-refractivity contribution in [3.05, 3.63) is 46.1 Å². The molecule has 1 aromatic carbocycles. The molecule has 0 spiro atoms. The predicted octanol–water partition coefficient (Wildman–Crippen LogP) is 2.44. The topological polar surface area (TPSA) is 81.8 Å². The fourth-order valence-corrected chi connectivity index (χ4v) is 2.56. The molecule has 6 heteroatoms. The highest BCUT2D eigenvalue weighted by Gasteiger charge is 2.27. The molecule has 0 saturated carbocycles. The van der Waals surface area contributed by atoms with Crippen LogP contribution in [0.5, 0.6) is 0 Å². The molecule has 1 heterocycles. The lowest BCUT2D eigenvalue weighted by Crippen LogP contribution is -2.29. The first-order valence-electron chi connectivity index (χ1n) is 7.26. The maximum Gasteiger partial charge on any atom is 0.283 e. The van der Waals surface area contributed by atoms with Crippen LogP contribution in [0, 0.1) is 0 Å². The summed E-state index contributed by atoms with van der Waals surface area (Å²) >= 11 is 3.41. The highest BCUT2D eigenvalue weighted by atomic mass is 79.9. The fraction of sp³-hybridized carbons (Fsp3) is 0.438. The summed E-state index contributed by atoms with van der Waals surface area (Å²) in [5.41, 5.74) is 6.42. The molecule has 3 N–H and O–H groups in total. The number of allylic oxidation sites excluding steroid dienone is 1. The Kier molecular flexibility index (Phi) is 6.42. The smallest absolute Gasteiger partial charge is 0.283 e. The van der Waals surface area contributed by atoms with Crippen molar-refractivity contribution in [1.82, 2.24) is 0 Å². The zero-order chi connectivity index (χ0) is 15.9.